The minimum Gasteiger partial charge on any atom is -0.380 e. The number of sulfonamides is 1. The van der Waals surface area contributed by atoms with Gasteiger partial charge in [-0.05, 0) is 31.2 Å². The Morgan fingerprint density at radius 1 is 1.29 bits per heavy atom. The van der Waals surface area contributed by atoms with E-state index in [1.54, 1.807) is 13.1 Å². The summed E-state index contributed by atoms with van der Waals surface area (Å²) in [6.45, 7) is 3.54. The largest absolute Gasteiger partial charge is 0.380 e. The fourth-order valence-corrected chi connectivity index (χ4v) is 2.82. The summed E-state index contributed by atoms with van der Waals surface area (Å²) in [5.41, 5.74) is 0.692. The molecule has 5 nitrogen and oxygen atoms in total. The van der Waals surface area contributed by atoms with E-state index in [9.17, 15) is 12.8 Å². The standard InChI is InChI=1S/C14H23FN2O3S/c1-3-4-8-20-9-7-17-21(18,19)14-6-5-12(11-16-2)10-13(14)15/h5-6,10,16-17H,3-4,7-9,11H2,1-2H3. The Bertz CT molecular complexity index is 535. The van der Waals surface area contributed by atoms with Gasteiger partial charge in [-0.3, -0.25) is 0 Å². The third-order valence-electron chi connectivity index (χ3n) is 2.85. The molecule has 0 unspecified atom stereocenters. The highest BCUT2D eigenvalue weighted by Crippen LogP contribution is 2.15. The molecule has 1 aromatic rings. The zero-order valence-corrected chi connectivity index (χ0v) is 13.3. The Morgan fingerprint density at radius 2 is 2.05 bits per heavy atom. The van der Waals surface area contributed by atoms with Gasteiger partial charge < -0.3 is 10.1 Å². The quantitative estimate of drug-likeness (QED) is 0.644. The van der Waals surface area contributed by atoms with Crippen molar-refractivity contribution in [2.75, 3.05) is 26.8 Å². The molecule has 1 rings (SSSR count). The number of hydrogen-bond acceptors (Lipinski definition) is 4. The average Bonchev–Trinajstić information content (AvgIpc) is 2.43. The number of ether oxygens (including phenoxy) is 1. The van der Waals surface area contributed by atoms with Crippen LogP contribution in [-0.2, 0) is 21.3 Å². The summed E-state index contributed by atoms with van der Waals surface area (Å²) in [5.74, 6) is -0.748. The maximum Gasteiger partial charge on any atom is 0.243 e. The molecule has 0 aromatic heterocycles. The van der Waals surface area contributed by atoms with Gasteiger partial charge in [0.05, 0.1) is 6.61 Å². The van der Waals surface area contributed by atoms with Crippen molar-refractivity contribution >= 4 is 10.0 Å². The maximum atomic E-state index is 13.9. The molecule has 1 aromatic carbocycles. The molecule has 0 aliphatic rings. The van der Waals surface area contributed by atoms with Crippen molar-refractivity contribution in [3.05, 3.63) is 29.6 Å². The molecule has 0 aliphatic carbocycles. The van der Waals surface area contributed by atoms with Crippen LogP contribution in [0.3, 0.4) is 0 Å². The predicted molar refractivity (Wildman–Crippen MR) is 80.1 cm³/mol. The lowest BCUT2D eigenvalue weighted by Crippen LogP contribution is -2.28. The van der Waals surface area contributed by atoms with Gasteiger partial charge in [0.15, 0.2) is 0 Å². The van der Waals surface area contributed by atoms with E-state index < -0.39 is 15.8 Å². The van der Waals surface area contributed by atoms with Crippen molar-refractivity contribution in [2.24, 2.45) is 0 Å². The van der Waals surface area contributed by atoms with Gasteiger partial charge >= 0.3 is 0 Å². The van der Waals surface area contributed by atoms with Gasteiger partial charge in [0.1, 0.15) is 10.7 Å². The van der Waals surface area contributed by atoms with Crippen molar-refractivity contribution in [2.45, 2.75) is 31.2 Å². The Labute approximate surface area is 125 Å². The Balaban J connectivity index is 2.57. The van der Waals surface area contributed by atoms with Gasteiger partial charge in [0.2, 0.25) is 10.0 Å². The van der Waals surface area contributed by atoms with E-state index in [0.29, 0.717) is 18.7 Å². The smallest absolute Gasteiger partial charge is 0.243 e. The van der Waals surface area contributed by atoms with Crippen LogP contribution in [0.25, 0.3) is 0 Å². The second-order valence-corrected chi connectivity index (χ2v) is 6.39. The first-order valence-corrected chi connectivity index (χ1v) is 8.50. The highest BCUT2D eigenvalue weighted by molar-refractivity contribution is 7.89. The molecule has 0 bridgehead atoms. The molecule has 0 spiro atoms. The molecule has 0 amide bonds. The lowest BCUT2D eigenvalue weighted by atomic mass is 10.2. The zero-order chi connectivity index (χ0) is 15.7. The van der Waals surface area contributed by atoms with Crippen LogP contribution in [0.15, 0.2) is 23.1 Å². The summed E-state index contributed by atoms with van der Waals surface area (Å²) in [6.07, 6.45) is 1.96. The van der Waals surface area contributed by atoms with E-state index in [1.165, 1.54) is 12.1 Å². The van der Waals surface area contributed by atoms with E-state index in [-0.39, 0.29) is 18.0 Å². The van der Waals surface area contributed by atoms with E-state index in [0.717, 1.165) is 12.8 Å². The SMILES string of the molecule is CCCCOCCNS(=O)(=O)c1ccc(CNC)cc1F. The summed E-state index contributed by atoms with van der Waals surface area (Å²) in [5, 5.41) is 2.88. The molecule has 0 saturated heterocycles. The minimum absolute atomic E-state index is 0.129. The van der Waals surface area contributed by atoms with E-state index in [4.69, 9.17) is 4.74 Å². The molecule has 2 N–H and O–H groups in total. The molecule has 7 heteroatoms. The van der Waals surface area contributed by atoms with Gasteiger partial charge in [-0.25, -0.2) is 17.5 Å². The van der Waals surface area contributed by atoms with Crippen LogP contribution >= 0.6 is 0 Å². The molecule has 0 saturated carbocycles. The first-order valence-electron chi connectivity index (χ1n) is 7.01. The summed E-state index contributed by atoms with van der Waals surface area (Å²) in [7, 11) is -2.10. The maximum absolute atomic E-state index is 13.9. The van der Waals surface area contributed by atoms with Gasteiger partial charge in [-0.15, -0.1) is 0 Å². The molecule has 0 fully saturated rings. The topological polar surface area (TPSA) is 67.4 Å². The fourth-order valence-electron chi connectivity index (χ4n) is 1.75. The normalized spacial score (nSPS) is 11.8. The van der Waals surface area contributed by atoms with Gasteiger partial charge in [0, 0.05) is 19.7 Å². The van der Waals surface area contributed by atoms with Gasteiger partial charge in [-0.2, -0.15) is 0 Å². The first-order chi connectivity index (χ1) is 10.0. The lowest BCUT2D eigenvalue weighted by Gasteiger charge is -2.09. The Hall–Kier alpha value is -1.02. The molecule has 120 valence electrons. The van der Waals surface area contributed by atoms with Crippen LogP contribution in [0.2, 0.25) is 0 Å². The van der Waals surface area contributed by atoms with Crippen LogP contribution in [0.4, 0.5) is 4.39 Å². The molecular weight excluding hydrogens is 295 g/mol. The number of unbranched alkanes of at least 4 members (excludes halogenated alkanes) is 1. The highest BCUT2D eigenvalue weighted by atomic mass is 32.2. The van der Waals surface area contributed by atoms with Gasteiger partial charge in [0.25, 0.3) is 0 Å². The Kier molecular flexibility index (Phi) is 7.81. The fraction of sp³-hybridized carbons (Fsp3) is 0.571. The van der Waals surface area contributed by atoms with Crippen LogP contribution in [0.5, 0.6) is 0 Å². The molecule has 21 heavy (non-hydrogen) atoms. The first kappa shape index (κ1) is 18.0. The molecule has 0 heterocycles. The minimum atomic E-state index is -3.84. The Morgan fingerprint density at radius 3 is 2.67 bits per heavy atom. The van der Waals surface area contributed by atoms with Crippen molar-refractivity contribution in [1.29, 1.82) is 0 Å². The third kappa shape index (κ3) is 6.09. The number of benzene rings is 1. The molecule has 0 aliphatic heterocycles. The van der Waals surface area contributed by atoms with E-state index >= 15 is 0 Å². The van der Waals surface area contributed by atoms with Gasteiger partial charge in [-0.1, -0.05) is 19.4 Å². The lowest BCUT2D eigenvalue weighted by molar-refractivity contribution is 0.136. The van der Waals surface area contributed by atoms with Crippen molar-refractivity contribution in [1.82, 2.24) is 10.0 Å². The van der Waals surface area contributed by atoms with Crippen LogP contribution in [0.1, 0.15) is 25.3 Å². The summed E-state index contributed by atoms with van der Waals surface area (Å²) >= 11 is 0. The number of halogens is 1. The number of nitrogens with one attached hydrogen (secondary N) is 2. The van der Waals surface area contributed by atoms with E-state index in [1.807, 2.05) is 6.92 Å². The summed E-state index contributed by atoms with van der Waals surface area (Å²) < 4.78 is 45.4. The summed E-state index contributed by atoms with van der Waals surface area (Å²) in [4.78, 5) is -0.337. The van der Waals surface area contributed by atoms with Crippen LogP contribution in [0, 0.1) is 5.82 Å². The second-order valence-electron chi connectivity index (χ2n) is 4.66. The van der Waals surface area contributed by atoms with E-state index in [2.05, 4.69) is 10.0 Å². The van der Waals surface area contributed by atoms with Crippen molar-refractivity contribution in [3.8, 4) is 0 Å². The monoisotopic (exact) mass is 318 g/mol. The van der Waals surface area contributed by atoms with Crippen LogP contribution in [-0.4, -0.2) is 35.2 Å². The molecule has 0 atom stereocenters. The third-order valence-corrected chi connectivity index (χ3v) is 4.34. The highest BCUT2D eigenvalue weighted by Gasteiger charge is 2.18. The summed E-state index contributed by atoms with van der Waals surface area (Å²) in [6, 6.07) is 4.09. The van der Waals surface area contributed by atoms with Crippen LogP contribution < -0.4 is 10.0 Å². The zero-order valence-electron chi connectivity index (χ0n) is 12.5. The number of rotatable bonds is 10. The molecular formula is C14H23FN2O3S. The average molecular weight is 318 g/mol. The van der Waals surface area contributed by atoms with Crippen molar-refractivity contribution in [3.63, 3.8) is 0 Å². The molecule has 0 radical (unpaired) electrons. The second kappa shape index (κ2) is 9.09. The number of hydrogen-bond donors (Lipinski definition) is 2. The predicted octanol–water partition coefficient (Wildman–Crippen LogP) is 1.64. The van der Waals surface area contributed by atoms with Crippen molar-refractivity contribution < 1.29 is 17.5 Å².